The van der Waals surface area contributed by atoms with Gasteiger partial charge in [0, 0.05) is 6.61 Å². The number of hydrogen-bond donors (Lipinski definition) is 2. The maximum Gasteiger partial charge on any atom is 0.0642 e. The zero-order valence-corrected chi connectivity index (χ0v) is 14.1. The van der Waals surface area contributed by atoms with Gasteiger partial charge in [0.15, 0.2) is 0 Å². The van der Waals surface area contributed by atoms with E-state index in [9.17, 15) is 10.2 Å². The Morgan fingerprint density at radius 3 is 2.41 bits per heavy atom. The molecule has 0 spiro atoms. The molecule has 4 aliphatic rings. The summed E-state index contributed by atoms with van der Waals surface area (Å²) in [6, 6.07) is 0. The molecular formula is C19H32O3. The van der Waals surface area contributed by atoms with Gasteiger partial charge in [-0.1, -0.05) is 13.8 Å². The standard InChI is InChI=1S/C19H32O3/c1-18-8-5-13(20)11-12(18)7-10-22-17-14-3-4-16(21)19(14,2)9-6-15(17)18/h12-17,20-21H,3-11H2,1-2H3/t12?,13-,14-,15-,16-,17-,18-,19-/m0/s1. The van der Waals surface area contributed by atoms with Crippen LogP contribution in [0.2, 0.25) is 0 Å². The van der Waals surface area contributed by atoms with Crippen molar-refractivity contribution in [2.75, 3.05) is 6.61 Å². The molecule has 3 heteroatoms. The average molecular weight is 308 g/mol. The molecular weight excluding hydrogens is 276 g/mol. The summed E-state index contributed by atoms with van der Waals surface area (Å²) >= 11 is 0. The monoisotopic (exact) mass is 308 g/mol. The summed E-state index contributed by atoms with van der Waals surface area (Å²) in [5, 5.41) is 20.6. The van der Waals surface area contributed by atoms with Crippen LogP contribution in [0.25, 0.3) is 0 Å². The number of aliphatic hydroxyl groups is 2. The molecule has 1 saturated heterocycles. The van der Waals surface area contributed by atoms with E-state index in [1.165, 1.54) is 6.42 Å². The molecule has 2 N–H and O–H groups in total. The maximum atomic E-state index is 10.5. The van der Waals surface area contributed by atoms with Crippen LogP contribution < -0.4 is 0 Å². The van der Waals surface area contributed by atoms with Gasteiger partial charge in [0.25, 0.3) is 0 Å². The van der Waals surface area contributed by atoms with Gasteiger partial charge in [0.1, 0.15) is 0 Å². The lowest BCUT2D eigenvalue weighted by Crippen LogP contribution is -2.53. The molecule has 22 heavy (non-hydrogen) atoms. The molecule has 0 aromatic carbocycles. The summed E-state index contributed by atoms with van der Waals surface area (Å²) in [6.07, 6.45) is 8.69. The van der Waals surface area contributed by atoms with Crippen molar-refractivity contribution in [2.45, 2.75) is 83.5 Å². The number of ether oxygens (including phenoxy) is 1. The number of aliphatic hydroxyl groups excluding tert-OH is 2. The fraction of sp³-hybridized carbons (Fsp3) is 1.00. The summed E-state index contributed by atoms with van der Waals surface area (Å²) in [7, 11) is 0. The van der Waals surface area contributed by atoms with Crippen molar-refractivity contribution in [1.29, 1.82) is 0 Å². The second kappa shape index (κ2) is 5.19. The van der Waals surface area contributed by atoms with E-state index in [2.05, 4.69) is 13.8 Å². The van der Waals surface area contributed by atoms with Crippen molar-refractivity contribution in [3.8, 4) is 0 Å². The van der Waals surface area contributed by atoms with Gasteiger partial charge < -0.3 is 14.9 Å². The third-order valence-corrected chi connectivity index (χ3v) is 8.28. The molecule has 1 aliphatic heterocycles. The molecule has 4 fully saturated rings. The summed E-state index contributed by atoms with van der Waals surface area (Å²) in [6.45, 7) is 5.62. The van der Waals surface area contributed by atoms with Gasteiger partial charge in [-0.15, -0.1) is 0 Å². The minimum absolute atomic E-state index is 0.0749. The quantitative estimate of drug-likeness (QED) is 0.723. The molecule has 0 radical (unpaired) electrons. The molecule has 3 saturated carbocycles. The predicted molar refractivity (Wildman–Crippen MR) is 85.4 cm³/mol. The van der Waals surface area contributed by atoms with Crippen LogP contribution in [-0.2, 0) is 4.74 Å². The third kappa shape index (κ3) is 2.04. The first-order valence-corrected chi connectivity index (χ1v) is 9.43. The van der Waals surface area contributed by atoms with Crippen molar-refractivity contribution in [2.24, 2.45) is 28.6 Å². The number of fused-ring (bicyclic) bond motifs is 5. The number of hydrogen-bond acceptors (Lipinski definition) is 3. The molecule has 126 valence electrons. The molecule has 3 aliphatic carbocycles. The second-order valence-corrected chi connectivity index (χ2v) is 9.11. The summed E-state index contributed by atoms with van der Waals surface area (Å²) in [5.41, 5.74) is 0.404. The minimum Gasteiger partial charge on any atom is -0.393 e. The van der Waals surface area contributed by atoms with Crippen molar-refractivity contribution in [3.63, 3.8) is 0 Å². The lowest BCUT2D eigenvalue weighted by molar-refractivity contribution is -0.136. The molecule has 1 unspecified atom stereocenters. The second-order valence-electron chi connectivity index (χ2n) is 9.11. The van der Waals surface area contributed by atoms with Crippen LogP contribution in [0.15, 0.2) is 0 Å². The molecule has 0 aromatic rings. The van der Waals surface area contributed by atoms with E-state index in [1.54, 1.807) is 0 Å². The Bertz CT molecular complexity index is 438. The van der Waals surface area contributed by atoms with Gasteiger partial charge in [-0.25, -0.2) is 0 Å². The minimum atomic E-state index is -0.137. The first kappa shape index (κ1) is 15.4. The molecule has 0 bridgehead atoms. The van der Waals surface area contributed by atoms with Crippen LogP contribution in [0, 0.1) is 28.6 Å². The van der Waals surface area contributed by atoms with Gasteiger partial charge in [-0.3, -0.25) is 0 Å². The summed E-state index contributed by atoms with van der Waals surface area (Å²) in [4.78, 5) is 0. The Balaban J connectivity index is 1.65. The van der Waals surface area contributed by atoms with E-state index < -0.39 is 0 Å². The average Bonchev–Trinajstić information content (AvgIpc) is 2.70. The Morgan fingerprint density at radius 1 is 0.864 bits per heavy atom. The fourth-order valence-corrected chi connectivity index (χ4v) is 6.66. The summed E-state index contributed by atoms with van der Waals surface area (Å²) < 4.78 is 6.43. The van der Waals surface area contributed by atoms with Gasteiger partial charge in [0.05, 0.1) is 18.3 Å². The van der Waals surface area contributed by atoms with Gasteiger partial charge >= 0.3 is 0 Å². The Labute approximate surface area is 134 Å². The van der Waals surface area contributed by atoms with Gasteiger partial charge in [-0.05, 0) is 80.0 Å². The van der Waals surface area contributed by atoms with Crippen LogP contribution >= 0.6 is 0 Å². The van der Waals surface area contributed by atoms with Crippen LogP contribution in [-0.4, -0.2) is 35.1 Å². The summed E-state index contributed by atoms with van der Waals surface area (Å²) in [5.74, 6) is 1.77. The molecule has 0 aromatic heterocycles. The third-order valence-electron chi connectivity index (χ3n) is 8.28. The van der Waals surface area contributed by atoms with Crippen molar-refractivity contribution < 1.29 is 14.9 Å². The smallest absolute Gasteiger partial charge is 0.0642 e. The highest BCUT2D eigenvalue weighted by atomic mass is 16.5. The highest BCUT2D eigenvalue weighted by Crippen LogP contribution is 2.62. The topological polar surface area (TPSA) is 49.7 Å². The highest BCUT2D eigenvalue weighted by Gasteiger charge is 2.59. The Morgan fingerprint density at radius 2 is 1.59 bits per heavy atom. The van der Waals surface area contributed by atoms with Crippen LogP contribution in [0.5, 0.6) is 0 Å². The van der Waals surface area contributed by atoms with E-state index >= 15 is 0 Å². The SMILES string of the molecule is C[C@]12CC[C@H]3[C@@H](OCCC4C[C@@H](O)CC[C@@]43C)[C@@H]1CC[C@@H]2O. The lowest BCUT2D eigenvalue weighted by atomic mass is 9.52. The van der Waals surface area contributed by atoms with E-state index in [0.717, 1.165) is 51.6 Å². The van der Waals surface area contributed by atoms with Crippen molar-refractivity contribution in [3.05, 3.63) is 0 Å². The lowest BCUT2D eigenvalue weighted by Gasteiger charge is -2.54. The van der Waals surface area contributed by atoms with Gasteiger partial charge in [-0.2, -0.15) is 0 Å². The predicted octanol–water partition coefficient (Wildman–Crippen LogP) is 3.13. The first-order chi connectivity index (χ1) is 10.4. The van der Waals surface area contributed by atoms with Gasteiger partial charge in [0.2, 0.25) is 0 Å². The van der Waals surface area contributed by atoms with E-state index in [1.807, 2.05) is 0 Å². The maximum absolute atomic E-state index is 10.5. The van der Waals surface area contributed by atoms with E-state index in [0.29, 0.717) is 29.3 Å². The zero-order valence-electron chi connectivity index (χ0n) is 14.1. The molecule has 8 atom stereocenters. The molecule has 1 heterocycles. The number of rotatable bonds is 0. The zero-order chi connectivity index (χ0) is 15.5. The van der Waals surface area contributed by atoms with Crippen LogP contribution in [0.1, 0.15) is 65.2 Å². The largest absolute Gasteiger partial charge is 0.393 e. The Kier molecular flexibility index (Phi) is 3.63. The fourth-order valence-electron chi connectivity index (χ4n) is 6.66. The molecule has 3 nitrogen and oxygen atoms in total. The van der Waals surface area contributed by atoms with Crippen LogP contribution in [0.3, 0.4) is 0 Å². The Hall–Kier alpha value is -0.120. The van der Waals surface area contributed by atoms with E-state index in [-0.39, 0.29) is 17.6 Å². The molecule has 4 rings (SSSR count). The normalized spacial score (nSPS) is 58.4. The van der Waals surface area contributed by atoms with Crippen molar-refractivity contribution in [1.82, 2.24) is 0 Å². The van der Waals surface area contributed by atoms with Crippen molar-refractivity contribution >= 4 is 0 Å². The first-order valence-electron chi connectivity index (χ1n) is 9.43. The van der Waals surface area contributed by atoms with E-state index in [4.69, 9.17) is 4.74 Å². The molecule has 0 amide bonds. The van der Waals surface area contributed by atoms with Crippen LogP contribution in [0.4, 0.5) is 0 Å². The highest BCUT2D eigenvalue weighted by molar-refractivity contribution is 5.09.